The molecule has 73 heavy (non-hydrogen) atoms. The number of benzene rings is 8. The zero-order valence-corrected chi connectivity index (χ0v) is 44.3. The number of nitrogens with zero attached hydrogens (tertiary/aromatic N) is 3. The summed E-state index contributed by atoms with van der Waals surface area (Å²) < 4.78 is 2.29. The van der Waals surface area contributed by atoms with Gasteiger partial charge in [0.25, 0.3) is 0 Å². The van der Waals surface area contributed by atoms with E-state index in [2.05, 4.69) is 257 Å². The van der Waals surface area contributed by atoms with Gasteiger partial charge in [0.15, 0.2) is 0 Å². The first-order chi connectivity index (χ1) is 34.8. The highest BCUT2D eigenvalue weighted by atomic mass is 16.3. The summed E-state index contributed by atoms with van der Waals surface area (Å²) >= 11 is 0. The first-order valence-electron chi connectivity index (χ1n) is 25.7. The zero-order valence-electron chi connectivity index (χ0n) is 44.3. The number of hydrogen-bond donors (Lipinski definition) is 1. The number of rotatable bonds is 9. The van der Waals surface area contributed by atoms with E-state index in [4.69, 9.17) is 9.97 Å². The van der Waals surface area contributed by atoms with Crippen LogP contribution in [0.3, 0.4) is 0 Å². The first-order valence-corrected chi connectivity index (χ1v) is 25.7. The predicted octanol–water partition coefficient (Wildman–Crippen LogP) is 18.3. The molecule has 0 radical (unpaired) electrons. The van der Waals surface area contributed by atoms with Crippen LogP contribution in [0.5, 0.6) is 5.75 Å². The number of aromatic hydroxyl groups is 1. The van der Waals surface area contributed by atoms with Crippen LogP contribution >= 0.6 is 0 Å². The van der Waals surface area contributed by atoms with Gasteiger partial charge in [-0.1, -0.05) is 216 Å². The monoisotopic (exact) mass is 954 g/mol. The Balaban J connectivity index is 1.21. The van der Waals surface area contributed by atoms with Gasteiger partial charge in [0.1, 0.15) is 11.6 Å². The summed E-state index contributed by atoms with van der Waals surface area (Å²) in [6.07, 6.45) is 1.94. The summed E-state index contributed by atoms with van der Waals surface area (Å²) in [5.74, 6) is 0.866. The quantitative estimate of drug-likeness (QED) is 0.157. The molecule has 4 nitrogen and oxygen atoms in total. The summed E-state index contributed by atoms with van der Waals surface area (Å²) in [6.45, 7) is 24.9. The molecular weight excluding hydrogens is 887 g/mol. The molecule has 0 fully saturated rings. The van der Waals surface area contributed by atoms with Crippen LogP contribution in [0.2, 0.25) is 0 Å². The van der Waals surface area contributed by atoms with E-state index in [1.165, 1.54) is 22.3 Å². The molecule has 0 spiro atoms. The van der Waals surface area contributed by atoms with E-state index in [1.807, 2.05) is 24.4 Å². The highest BCUT2D eigenvalue weighted by Gasteiger charge is 2.29. The second kappa shape index (κ2) is 18.7. The number of hydrogen-bond acceptors (Lipinski definition) is 3. The smallest absolute Gasteiger partial charge is 0.149 e. The third-order valence-electron chi connectivity index (χ3n) is 14.8. The standard InChI is InChI=1S/C69H67N3O/c1-66(2,3)52-33-34-61(57(42-52)45-23-15-12-16-24-45)72-62-32-22-31-56(63(62)71-65(72)59-44-55(68(7,8)9)43-58(64(59)73)46-25-17-13-18-26-46)49-37-50(40-54(39-49)67(4,5)6)60-41-48(35-36-70-60)47-27-21-30-53(38-47)69(10,11)51-28-19-14-20-29-51/h12-44,73H,1-11H3. The second-order valence-electron chi connectivity index (χ2n) is 23.4. The van der Waals surface area contributed by atoms with E-state index >= 15 is 0 Å². The molecule has 0 atom stereocenters. The molecule has 0 aliphatic carbocycles. The Morgan fingerprint density at radius 1 is 0.370 bits per heavy atom. The summed E-state index contributed by atoms with van der Waals surface area (Å²) in [5.41, 5.74) is 19.0. The molecule has 0 saturated heterocycles. The fourth-order valence-corrected chi connectivity index (χ4v) is 10.1. The van der Waals surface area contributed by atoms with Crippen LogP contribution in [-0.2, 0) is 21.7 Å². The highest BCUT2D eigenvalue weighted by molar-refractivity contribution is 5.98. The molecule has 0 aliphatic rings. The van der Waals surface area contributed by atoms with Crippen molar-refractivity contribution >= 4 is 11.0 Å². The van der Waals surface area contributed by atoms with Crippen LogP contribution < -0.4 is 0 Å². The van der Waals surface area contributed by atoms with Gasteiger partial charge in [-0.25, -0.2) is 4.98 Å². The molecule has 364 valence electrons. The number of aromatic nitrogens is 3. The molecule has 0 unspecified atom stereocenters. The van der Waals surface area contributed by atoms with Crippen LogP contribution in [-0.4, -0.2) is 19.6 Å². The summed E-state index contributed by atoms with van der Waals surface area (Å²) in [4.78, 5) is 10.8. The van der Waals surface area contributed by atoms with Crippen molar-refractivity contribution in [3.63, 3.8) is 0 Å². The molecule has 0 bridgehead atoms. The minimum atomic E-state index is -0.228. The van der Waals surface area contributed by atoms with E-state index < -0.39 is 0 Å². The summed E-state index contributed by atoms with van der Waals surface area (Å²) in [5, 5.41) is 12.7. The molecule has 10 aromatic rings. The van der Waals surface area contributed by atoms with Crippen molar-refractivity contribution in [1.82, 2.24) is 14.5 Å². The number of imidazole rings is 1. The fraction of sp³-hybridized carbons (Fsp3) is 0.217. The van der Waals surface area contributed by atoms with Gasteiger partial charge in [0.2, 0.25) is 0 Å². The Morgan fingerprint density at radius 2 is 0.890 bits per heavy atom. The van der Waals surface area contributed by atoms with Crippen molar-refractivity contribution in [3.8, 4) is 78.6 Å². The third kappa shape index (κ3) is 9.55. The number of phenols is 1. The van der Waals surface area contributed by atoms with E-state index in [0.29, 0.717) is 11.4 Å². The predicted molar refractivity (Wildman–Crippen MR) is 308 cm³/mol. The summed E-state index contributed by atoms with van der Waals surface area (Å²) in [7, 11) is 0. The molecule has 8 aromatic carbocycles. The molecule has 0 aliphatic heterocycles. The Labute approximate surface area is 433 Å². The van der Waals surface area contributed by atoms with Crippen LogP contribution in [0.4, 0.5) is 0 Å². The topological polar surface area (TPSA) is 50.9 Å². The lowest BCUT2D eigenvalue weighted by atomic mass is 9.77. The Hall–Kier alpha value is -7.82. The van der Waals surface area contributed by atoms with Gasteiger partial charge in [-0.3, -0.25) is 9.55 Å². The molecule has 1 N–H and O–H groups in total. The first kappa shape index (κ1) is 48.8. The van der Waals surface area contributed by atoms with E-state index in [9.17, 15) is 5.11 Å². The van der Waals surface area contributed by atoms with Gasteiger partial charge in [0.05, 0.1) is 28.0 Å². The van der Waals surface area contributed by atoms with Gasteiger partial charge >= 0.3 is 0 Å². The van der Waals surface area contributed by atoms with Crippen LogP contribution in [0.1, 0.15) is 104 Å². The van der Waals surface area contributed by atoms with Crippen molar-refractivity contribution in [2.24, 2.45) is 0 Å². The van der Waals surface area contributed by atoms with Crippen molar-refractivity contribution < 1.29 is 5.11 Å². The lowest BCUT2D eigenvalue weighted by Crippen LogP contribution is -2.18. The maximum absolute atomic E-state index is 12.7. The number of fused-ring (bicyclic) bond motifs is 1. The van der Waals surface area contributed by atoms with Crippen LogP contribution in [0.25, 0.3) is 83.9 Å². The van der Waals surface area contributed by atoms with E-state index in [0.717, 1.165) is 78.0 Å². The van der Waals surface area contributed by atoms with Crippen LogP contribution in [0, 0.1) is 0 Å². The molecule has 4 heteroatoms. The minimum absolute atomic E-state index is 0.0908. The second-order valence-corrected chi connectivity index (χ2v) is 23.4. The largest absolute Gasteiger partial charge is 0.507 e. The molecule has 2 aromatic heterocycles. The lowest BCUT2D eigenvalue weighted by Gasteiger charge is -2.26. The van der Waals surface area contributed by atoms with E-state index in [-0.39, 0.29) is 27.4 Å². The molecule has 0 amide bonds. The maximum Gasteiger partial charge on any atom is 0.149 e. The van der Waals surface area contributed by atoms with Gasteiger partial charge in [0, 0.05) is 33.9 Å². The van der Waals surface area contributed by atoms with Crippen LogP contribution in [0.15, 0.2) is 200 Å². The maximum atomic E-state index is 12.7. The van der Waals surface area contributed by atoms with Gasteiger partial charge in [-0.2, -0.15) is 0 Å². The van der Waals surface area contributed by atoms with Gasteiger partial charge in [-0.15, -0.1) is 0 Å². The average molecular weight is 954 g/mol. The van der Waals surface area contributed by atoms with E-state index in [1.54, 1.807) is 0 Å². The average Bonchev–Trinajstić information content (AvgIpc) is 3.78. The van der Waals surface area contributed by atoms with Gasteiger partial charge in [-0.05, 0) is 126 Å². The Morgan fingerprint density at radius 3 is 1.55 bits per heavy atom. The molecule has 0 saturated carbocycles. The SMILES string of the molecule is CC(C)(C)c1cc(-c2cc(-c3cccc(C(C)(C)c4ccccc4)c3)ccn2)cc(-c2cccc3c2nc(-c2cc(C(C)(C)C)cc(-c4ccccc4)c2O)n3-c2ccc(C(C)(C)C)cc2-c2ccccc2)c1. The Kier molecular flexibility index (Phi) is 12.5. The highest BCUT2D eigenvalue weighted by Crippen LogP contribution is 2.46. The lowest BCUT2D eigenvalue weighted by molar-refractivity contribution is 0.477. The number of para-hydroxylation sites is 1. The number of pyridine rings is 1. The molecule has 2 heterocycles. The number of phenolic OH excluding ortho intramolecular Hbond substituents is 1. The fourth-order valence-electron chi connectivity index (χ4n) is 10.1. The molecular formula is C69H67N3O. The van der Waals surface area contributed by atoms with Gasteiger partial charge < -0.3 is 5.11 Å². The van der Waals surface area contributed by atoms with Crippen molar-refractivity contribution in [3.05, 3.63) is 228 Å². The summed E-state index contributed by atoms with van der Waals surface area (Å²) in [6, 6.07) is 69.5. The normalized spacial score (nSPS) is 12.4. The molecule has 10 rings (SSSR count). The minimum Gasteiger partial charge on any atom is -0.507 e. The van der Waals surface area contributed by atoms with Crippen molar-refractivity contribution in [2.45, 2.75) is 97.8 Å². The Bertz CT molecular complexity index is 3640. The third-order valence-corrected chi connectivity index (χ3v) is 14.8. The van der Waals surface area contributed by atoms with Crippen molar-refractivity contribution in [2.75, 3.05) is 0 Å². The van der Waals surface area contributed by atoms with Crippen molar-refractivity contribution in [1.29, 1.82) is 0 Å². The zero-order chi connectivity index (χ0) is 51.5.